The van der Waals surface area contributed by atoms with Crippen LogP contribution >= 0.6 is 0 Å². The summed E-state index contributed by atoms with van der Waals surface area (Å²) in [6.07, 6.45) is 6.30. The molecule has 21 heavy (non-hydrogen) atoms. The molecule has 0 aromatic heterocycles. The van der Waals surface area contributed by atoms with Crippen LogP contribution in [0.25, 0.3) is 0 Å². The van der Waals surface area contributed by atoms with E-state index in [9.17, 15) is 13.2 Å². The predicted molar refractivity (Wildman–Crippen MR) is 80.0 cm³/mol. The molecule has 1 fully saturated rings. The number of aryl methyl sites for hydroxylation is 1. The number of hydrogen-bond acceptors (Lipinski definition) is 3. The first-order valence-electron chi connectivity index (χ1n) is 6.97. The molecule has 1 aromatic rings. The number of rotatable bonds is 3. The number of hydrogen-bond donors (Lipinski definition) is 2. The lowest BCUT2D eigenvalue weighted by Gasteiger charge is -2.18. The van der Waals surface area contributed by atoms with Gasteiger partial charge in [-0.25, -0.2) is 13.6 Å². The second-order valence-electron chi connectivity index (χ2n) is 5.90. The highest BCUT2D eigenvalue weighted by Gasteiger charge is 2.39. The minimum absolute atomic E-state index is 0.0123. The van der Waals surface area contributed by atoms with Crippen LogP contribution in [-0.4, -0.2) is 14.3 Å². The van der Waals surface area contributed by atoms with Gasteiger partial charge < -0.3 is 5.32 Å². The average Bonchev–Trinajstić information content (AvgIpc) is 3.02. The van der Waals surface area contributed by atoms with E-state index in [1.54, 1.807) is 13.0 Å². The standard InChI is InChI=1S/C15H18N2O3S/c1-9-6-12(21(16,19)20)4-5-14(9)17-15(18)13-8-10-2-3-11(13)7-10/h2-6,10-11,13H,7-8H2,1H3,(H,17,18)(H2,16,19,20). The van der Waals surface area contributed by atoms with E-state index >= 15 is 0 Å². The molecule has 3 rings (SSSR count). The van der Waals surface area contributed by atoms with Crippen molar-refractivity contribution in [3.8, 4) is 0 Å². The van der Waals surface area contributed by atoms with Gasteiger partial charge in [0.05, 0.1) is 4.90 Å². The predicted octanol–water partition coefficient (Wildman–Crippen LogP) is 1.79. The fourth-order valence-electron chi connectivity index (χ4n) is 3.26. The van der Waals surface area contributed by atoms with Gasteiger partial charge in [0.2, 0.25) is 15.9 Å². The third kappa shape index (κ3) is 2.73. The molecule has 5 nitrogen and oxygen atoms in total. The molecular weight excluding hydrogens is 288 g/mol. The molecule has 2 aliphatic rings. The van der Waals surface area contributed by atoms with Crippen LogP contribution in [-0.2, 0) is 14.8 Å². The highest BCUT2D eigenvalue weighted by atomic mass is 32.2. The maximum Gasteiger partial charge on any atom is 0.238 e. The Morgan fingerprint density at radius 2 is 2.05 bits per heavy atom. The maximum atomic E-state index is 12.4. The van der Waals surface area contributed by atoms with Crippen molar-refractivity contribution in [2.45, 2.75) is 24.7 Å². The van der Waals surface area contributed by atoms with Crippen molar-refractivity contribution in [1.29, 1.82) is 0 Å². The summed E-state index contributed by atoms with van der Waals surface area (Å²) in [4.78, 5) is 12.4. The molecule has 2 bridgehead atoms. The minimum atomic E-state index is -3.71. The highest BCUT2D eigenvalue weighted by Crippen LogP contribution is 2.43. The van der Waals surface area contributed by atoms with Gasteiger partial charge in [0.25, 0.3) is 0 Å². The lowest BCUT2D eigenvalue weighted by atomic mass is 9.92. The number of fused-ring (bicyclic) bond motifs is 2. The second kappa shape index (κ2) is 4.96. The van der Waals surface area contributed by atoms with Gasteiger partial charge in [-0.05, 0) is 55.4 Å². The number of sulfonamides is 1. The Labute approximate surface area is 124 Å². The molecule has 0 spiro atoms. The summed E-state index contributed by atoms with van der Waals surface area (Å²) in [7, 11) is -3.71. The molecule has 0 radical (unpaired) electrons. The Hall–Kier alpha value is -1.66. The molecule has 1 amide bonds. The first-order chi connectivity index (χ1) is 9.84. The van der Waals surface area contributed by atoms with Crippen molar-refractivity contribution in [3.63, 3.8) is 0 Å². The van der Waals surface area contributed by atoms with E-state index in [1.807, 2.05) is 0 Å². The molecule has 0 saturated heterocycles. The second-order valence-corrected chi connectivity index (χ2v) is 7.46. The number of carbonyl (C=O) groups is 1. The van der Waals surface area contributed by atoms with Gasteiger partial charge in [0.15, 0.2) is 0 Å². The number of benzene rings is 1. The zero-order chi connectivity index (χ0) is 15.2. The summed E-state index contributed by atoms with van der Waals surface area (Å²) < 4.78 is 22.6. The topological polar surface area (TPSA) is 89.3 Å². The number of allylic oxidation sites excluding steroid dienone is 2. The van der Waals surface area contributed by atoms with Crippen molar-refractivity contribution in [2.75, 3.05) is 5.32 Å². The third-order valence-electron chi connectivity index (χ3n) is 4.40. The number of primary sulfonamides is 1. The van der Waals surface area contributed by atoms with E-state index in [-0.39, 0.29) is 16.7 Å². The Bertz CT molecular complexity index is 724. The molecule has 112 valence electrons. The van der Waals surface area contributed by atoms with Crippen LogP contribution in [0.1, 0.15) is 18.4 Å². The van der Waals surface area contributed by atoms with Crippen molar-refractivity contribution >= 4 is 21.6 Å². The van der Waals surface area contributed by atoms with E-state index in [0.717, 1.165) is 12.8 Å². The monoisotopic (exact) mass is 306 g/mol. The summed E-state index contributed by atoms with van der Waals surface area (Å²) in [5.74, 6) is 0.922. The third-order valence-corrected chi connectivity index (χ3v) is 5.31. The minimum Gasteiger partial charge on any atom is -0.326 e. The number of amides is 1. The quantitative estimate of drug-likeness (QED) is 0.834. The number of anilines is 1. The molecule has 0 heterocycles. The Kier molecular flexibility index (Phi) is 3.37. The van der Waals surface area contributed by atoms with Crippen molar-refractivity contribution in [2.24, 2.45) is 22.9 Å². The van der Waals surface area contributed by atoms with Crippen LogP contribution in [0.15, 0.2) is 35.2 Å². The maximum absolute atomic E-state index is 12.4. The molecule has 6 heteroatoms. The van der Waals surface area contributed by atoms with Gasteiger partial charge in [-0.1, -0.05) is 12.2 Å². The van der Waals surface area contributed by atoms with Crippen molar-refractivity contribution in [1.82, 2.24) is 0 Å². The van der Waals surface area contributed by atoms with E-state index in [2.05, 4.69) is 17.5 Å². The van der Waals surface area contributed by atoms with Crippen LogP contribution in [0.5, 0.6) is 0 Å². The lowest BCUT2D eigenvalue weighted by molar-refractivity contribution is -0.120. The fraction of sp³-hybridized carbons (Fsp3) is 0.400. The highest BCUT2D eigenvalue weighted by molar-refractivity contribution is 7.89. The van der Waals surface area contributed by atoms with Gasteiger partial charge in [-0.15, -0.1) is 0 Å². The van der Waals surface area contributed by atoms with Crippen LogP contribution in [0.3, 0.4) is 0 Å². The summed E-state index contributed by atoms with van der Waals surface area (Å²) in [5, 5.41) is 8.00. The zero-order valence-corrected chi connectivity index (χ0v) is 12.6. The van der Waals surface area contributed by atoms with E-state index in [0.29, 0.717) is 23.1 Å². The van der Waals surface area contributed by atoms with Gasteiger partial charge in [0, 0.05) is 11.6 Å². The summed E-state index contributed by atoms with van der Waals surface area (Å²) in [6, 6.07) is 4.49. The largest absolute Gasteiger partial charge is 0.326 e. The Morgan fingerprint density at radius 1 is 1.29 bits per heavy atom. The molecule has 3 unspecified atom stereocenters. The van der Waals surface area contributed by atoms with E-state index < -0.39 is 10.0 Å². The SMILES string of the molecule is Cc1cc(S(N)(=O)=O)ccc1NC(=O)C1CC2C=CC1C2. The van der Waals surface area contributed by atoms with Gasteiger partial charge in [0.1, 0.15) is 0 Å². The zero-order valence-electron chi connectivity index (χ0n) is 11.7. The summed E-state index contributed by atoms with van der Waals surface area (Å²) in [5.41, 5.74) is 1.33. The number of nitrogens with two attached hydrogens (primary N) is 1. The van der Waals surface area contributed by atoms with Crippen LogP contribution in [0.2, 0.25) is 0 Å². The number of nitrogens with one attached hydrogen (secondary N) is 1. The summed E-state index contributed by atoms with van der Waals surface area (Å²) >= 11 is 0. The first-order valence-corrected chi connectivity index (χ1v) is 8.52. The fourth-order valence-corrected chi connectivity index (χ4v) is 3.86. The lowest BCUT2D eigenvalue weighted by Crippen LogP contribution is -2.26. The van der Waals surface area contributed by atoms with Gasteiger partial charge >= 0.3 is 0 Å². The molecule has 2 aliphatic carbocycles. The molecule has 1 aromatic carbocycles. The Morgan fingerprint density at radius 3 is 2.57 bits per heavy atom. The molecule has 1 saturated carbocycles. The van der Waals surface area contributed by atoms with Gasteiger partial charge in [-0.2, -0.15) is 0 Å². The van der Waals surface area contributed by atoms with E-state index in [4.69, 9.17) is 5.14 Å². The van der Waals surface area contributed by atoms with Crippen LogP contribution in [0, 0.1) is 24.7 Å². The van der Waals surface area contributed by atoms with Crippen LogP contribution < -0.4 is 10.5 Å². The normalized spacial score (nSPS) is 27.0. The Balaban J connectivity index is 1.76. The molecule has 0 aliphatic heterocycles. The van der Waals surface area contributed by atoms with Crippen LogP contribution in [0.4, 0.5) is 5.69 Å². The van der Waals surface area contributed by atoms with E-state index in [1.165, 1.54) is 12.1 Å². The molecular formula is C15H18N2O3S. The smallest absolute Gasteiger partial charge is 0.238 e. The van der Waals surface area contributed by atoms with Crippen molar-refractivity contribution in [3.05, 3.63) is 35.9 Å². The first kappa shape index (κ1) is 14.3. The summed E-state index contributed by atoms with van der Waals surface area (Å²) in [6.45, 7) is 1.75. The molecule has 3 atom stereocenters. The van der Waals surface area contributed by atoms with Gasteiger partial charge in [-0.3, -0.25) is 4.79 Å². The molecule has 3 N–H and O–H groups in total. The number of carbonyl (C=O) groups excluding carboxylic acids is 1. The van der Waals surface area contributed by atoms with Crippen molar-refractivity contribution < 1.29 is 13.2 Å². The average molecular weight is 306 g/mol.